The van der Waals surface area contributed by atoms with Crippen molar-refractivity contribution in [2.24, 2.45) is 0 Å². The van der Waals surface area contributed by atoms with Gasteiger partial charge in [-0.3, -0.25) is 9.59 Å². The molecule has 0 atom stereocenters. The van der Waals surface area contributed by atoms with E-state index in [2.05, 4.69) is 15.6 Å². The van der Waals surface area contributed by atoms with Crippen LogP contribution in [0, 0.1) is 0 Å². The minimum atomic E-state index is -0.242. The van der Waals surface area contributed by atoms with Crippen LogP contribution in [-0.4, -0.2) is 29.4 Å². The molecule has 134 valence electrons. The van der Waals surface area contributed by atoms with Crippen LogP contribution >= 0.6 is 0 Å². The van der Waals surface area contributed by atoms with E-state index < -0.39 is 0 Å². The molecule has 26 heavy (non-hydrogen) atoms. The predicted molar refractivity (Wildman–Crippen MR) is 99.7 cm³/mol. The first-order valence-electron chi connectivity index (χ1n) is 8.56. The molecule has 0 bridgehead atoms. The fourth-order valence-electron chi connectivity index (χ4n) is 2.69. The van der Waals surface area contributed by atoms with Gasteiger partial charge in [-0.15, -0.1) is 0 Å². The molecule has 3 aromatic rings. The number of amides is 2. The quantitative estimate of drug-likeness (QED) is 0.714. The average molecular weight is 351 g/mol. The summed E-state index contributed by atoms with van der Waals surface area (Å²) in [5, 5.41) is 6.37. The lowest BCUT2D eigenvalue weighted by Gasteiger charge is -2.11. The lowest BCUT2D eigenvalue weighted by atomic mass is 10.1. The first kappa shape index (κ1) is 17.7. The van der Waals surface area contributed by atoms with Crippen molar-refractivity contribution in [3.05, 3.63) is 54.3 Å². The Morgan fingerprint density at radius 3 is 2.69 bits per heavy atom. The summed E-state index contributed by atoms with van der Waals surface area (Å²) in [5.41, 5.74) is 1.81. The number of nitrogens with one attached hydrogen (secondary N) is 2. The van der Waals surface area contributed by atoms with Gasteiger partial charge in [-0.05, 0) is 38.1 Å². The number of hydrogen-bond acceptors (Lipinski definition) is 4. The largest absolute Gasteiger partial charge is 0.463 e. The molecular weight excluding hydrogens is 330 g/mol. The molecule has 6 nitrogen and oxygen atoms in total. The van der Waals surface area contributed by atoms with Gasteiger partial charge < -0.3 is 15.1 Å². The van der Waals surface area contributed by atoms with Crippen molar-refractivity contribution in [3.8, 4) is 11.5 Å². The second-order valence-electron chi connectivity index (χ2n) is 6.28. The zero-order valence-electron chi connectivity index (χ0n) is 14.8. The van der Waals surface area contributed by atoms with Gasteiger partial charge in [0.2, 0.25) is 5.91 Å². The number of para-hydroxylation sites is 1. The van der Waals surface area contributed by atoms with Gasteiger partial charge in [0.15, 0.2) is 5.76 Å². The van der Waals surface area contributed by atoms with Gasteiger partial charge in [0.1, 0.15) is 5.69 Å². The first-order valence-corrected chi connectivity index (χ1v) is 8.56. The third-order valence-corrected chi connectivity index (χ3v) is 3.82. The molecule has 0 aliphatic heterocycles. The van der Waals surface area contributed by atoms with E-state index >= 15 is 0 Å². The van der Waals surface area contributed by atoms with E-state index in [-0.39, 0.29) is 30.8 Å². The number of benzene rings is 1. The molecule has 1 aromatic carbocycles. The Morgan fingerprint density at radius 2 is 1.96 bits per heavy atom. The molecule has 6 heteroatoms. The van der Waals surface area contributed by atoms with Gasteiger partial charge in [0.05, 0.1) is 17.3 Å². The third-order valence-electron chi connectivity index (χ3n) is 3.82. The van der Waals surface area contributed by atoms with Crippen molar-refractivity contribution >= 4 is 22.7 Å². The van der Waals surface area contributed by atoms with Crippen LogP contribution in [0.3, 0.4) is 0 Å². The van der Waals surface area contributed by atoms with Gasteiger partial charge in [-0.2, -0.15) is 0 Å². The minimum absolute atomic E-state index is 0.0817. The zero-order valence-corrected chi connectivity index (χ0v) is 14.8. The van der Waals surface area contributed by atoms with Gasteiger partial charge in [0, 0.05) is 24.4 Å². The van der Waals surface area contributed by atoms with Crippen LogP contribution in [0.1, 0.15) is 30.6 Å². The highest BCUT2D eigenvalue weighted by Gasteiger charge is 2.15. The Kier molecular flexibility index (Phi) is 5.31. The van der Waals surface area contributed by atoms with E-state index in [0.717, 1.165) is 5.39 Å². The monoisotopic (exact) mass is 351 g/mol. The van der Waals surface area contributed by atoms with Crippen LogP contribution in [0.4, 0.5) is 0 Å². The molecule has 2 N–H and O–H groups in total. The minimum Gasteiger partial charge on any atom is -0.463 e. The van der Waals surface area contributed by atoms with Gasteiger partial charge >= 0.3 is 0 Å². The number of aromatic nitrogens is 1. The van der Waals surface area contributed by atoms with E-state index in [0.29, 0.717) is 22.5 Å². The highest BCUT2D eigenvalue weighted by Crippen LogP contribution is 2.25. The summed E-state index contributed by atoms with van der Waals surface area (Å²) in [6.07, 6.45) is 1.80. The van der Waals surface area contributed by atoms with Gasteiger partial charge in [-0.1, -0.05) is 18.2 Å². The molecule has 2 heterocycles. The average Bonchev–Trinajstić information content (AvgIpc) is 3.14. The fourth-order valence-corrected chi connectivity index (χ4v) is 2.69. The molecule has 0 aliphatic carbocycles. The van der Waals surface area contributed by atoms with Crippen LogP contribution in [0.15, 0.2) is 53.1 Å². The van der Waals surface area contributed by atoms with Crippen molar-refractivity contribution in [3.63, 3.8) is 0 Å². The molecule has 2 amide bonds. The summed E-state index contributed by atoms with van der Waals surface area (Å²) in [6.45, 7) is 4.07. The highest BCUT2D eigenvalue weighted by molar-refractivity contribution is 6.07. The molecule has 0 saturated carbocycles. The smallest absolute Gasteiger partial charge is 0.252 e. The molecule has 0 saturated heterocycles. The Morgan fingerprint density at radius 1 is 1.15 bits per heavy atom. The maximum absolute atomic E-state index is 12.7. The van der Waals surface area contributed by atoms with Gasteiger partial charge in [-0.25, -0.2) is 4.98 Å². The molecule has 0 fully saturated rings. The molecule has 0 unspecified atom stereocenters. The zero-order chi connectivity index (χ0) is 18.5. The molecule has 0 radical (unpaired) electrons. The summed E-state index contributed by atoms with van der Waals surface area (Å²) in [7, 11) is 0. The number of pyridine rings is 1. The van der Waals surface area contributed by atoms with Crippen molar-refractivity contribution < 1.29 is 14.0 Å². The molecule has 0 aliphatic rings. The summed E-state index contributed by atoms with van der Waals surface area (Å²) in [4.78, 5) is 29.0. The second kappa shape index (κ2) is 7.82. The number of hydrogen-bond donors (Lipinski definition) is 2. The van der Waals surface area contributed by atoms with Crippen molar-refractivity contribution in [1.29, 1.82) is 0 Å². The summed E-state index contributed by atoms with van der Waals surface area (Å²) in [6, 6.07) is 12.8. The number of furan rings is 1. The first-order chi connectivity index (χ1) is 12.5. The lowest BCUT2D eigenvalue weighted by molar-refractivity contribution is -0.121. The normalized spacial score (nSPS) is 10.9. The molecule has 3 rings (SSSR count). The Hall–Kier alpha value is -3.15. The predicted octanol–water partition coefficient (Wildman–Crippen LogP) is 3.14. The maximum Gasteiger partial charge on any atom is 0.252 e. The lowest BCUT2D eigenvalue weighted by Crippen LogP contribution is -2.34. The number of carbonyl (C=O) groups excluding carboxylic acids is 2. The second-order valence-corrected chi connectivity index (χ2v) is 6.28. The molecular formula is C20H21N3O3. The SMILES string of the molecule is CC(C)NC(=O)CCNC(=O)c1cc(-c2ccco2)nc2ccccc12. The van der Waals surface area contributed by atoms with E-state index in [1.54, 1.807) is 24.5 Å². The Balaban J connectivity index is 1.81. The maximum atomic E-state index is 12.7. The topological polar surface area (TPSA) is 84.2 Å². The van der Waals surface area contributed by atoms with Crippen molar-refractivity contribution in [2.75, 3.05) is 6.54 Å². The van der Waals surface area contributed by atoms with Gasteiger partial charge in [0.25, 0.3) is 5.91 Å². The fraction of sp³-hybridized carbons (Fsp3) is 0.250. The van der Waals surface area contributed by atoms with Crippen LogP contribution in [0.2, 0.25) is 0 Å². The number of rotatable bonds is 6. The summed E-state index contributed by atoms with van der Waals surface area (Å²) < 4.78 is 5.41. The number of carbonyl (C=O) groups is 2. The number of fused-ring (bicyclic) bond motifs is 1. The Bertz CT molecular complexity index is 917. The number of nitrogens with zero attached hydrogens (tertiary/aromatic N) is 1. The molecule has 0 spiro atoms. The highest BCUT2D eigenvalue weighted by atomic mass is 16.3. The van der Waals surface area contributed by atoms with E-state index in [1.165, 1.54) is 0 Å². The van der Waals surface area contributed by atoms with Crippen molar-refractivity contribution in [1.82, 2.24) is 15.6 Å². The van der Waals surface area contributed by atoms with Crippen LogP contribution in [-0.2, 0) is 4.79 Å². The standard InChI is InChI=1S/C20H21N3O3/c1-13(2)22-19(24)9-10-21-20(25)15-12-17(18-8-5-11-26-18)23-16-7-4-3-6-14(15)16/h3-8,11-13H,9-10H2,1-2H3,(H,21,25)(H,22,24). The molecule has 2 aromatic heterocycles. The van der Waals surface area contributed by atoms with Crippen LogP contribution in [0.25, 0.3) is 22.4 Å². The van der Waals surface area contributed by atoms with Crippen molar-refractivity contribution in [2.45, 2.75) is 26.3 Å². The van der Waals surface area contributed by atoms with E-state index in [1.807, 2.05) is 38.1 Å². The van der Waals surface area contributed by atoms with Crippen LogP contribution < -0.4 is 10.6 Å². The van der Waals surface area contributed by atoms with E-state index in [4.69, 9.17) is 4.42 Å². The van der Waals surface area contributed by atoms with Crippen LogP contribution in [0.5, 0.6) is 0 Å². The summed E-state index contributed by atoms with van der Waals surface area (Å²) >= 11 is 0. The third kappa shape index (κ3) is 4.08. The summed E-state index contributed by atoms with van der Waals surface area (Å²) in [5.74, 6) is 0.269. The van der Waals surface area contributed by atoms with E-state index in [9.17, 15) is 9.59 Å². The Labute approximate surface area is 151 Å².